The van der Waals surface area contributed by atoms with E-state index in [9.17, 15) is 0 Å². The Bertz CT molecular complexity index is 3270. The maximum atomic E-state index is 6.75. The van der Waals surface area contributed by atoms with Crippen LogP contribution in [0.3, 0.4) is 0 Å². The topological polar surface area (TPSA) is 21.3 Å². The quantitative estimate of drug-likeness (QED) is 0.161. The van der Waals surface area contributed by atoms with E-state index in [2.05, 4.69) is 224 Å². The zero-order valence-electron chi connectivity index (χ0n) is 32.9. The van der Waals surface area contributed by atoms with Crippen LogP contribution < -0.4 is 4.90 Å². The molecule has 11 rings (SSSR count). The number of hydrogen-bond donors (Lipinski definition) is 0. The molecule has 3 heteroatoms. The number of aromatic nitrogens is 1. The first-order chi connectivity index (χ1) is 29.1. The van der Waals surface area contributed by atoms with Crippen molar-refractivity contribution >= 4 is 60.8 Å². The summed E-state index contributed by atoms with van der Waals surface area (Å²) in [6, 6.07) is 74.4. The average molecular weight is 757 g/mol. The van der Waals surface area contributed by atoms with Crippen molar-refractivity contribution < 1.29 is 4.42 Å². The summed E-state index contributed by atoms with van der Waals surface area (Å²) in [6.07, 6.45) is 0. The third kappa shape index (κ3) is 5.90. The van der Waals surface area contributed by atoms with Gasteiger partial charge < -0.3 is 13.9 Å². The number of hydrogen-bond acceptors (Lipinski definition) is 2. The lowest BCUT2D eigenvalue weighted by molar-refractivity contribution is 0.670. The van der Waals surface area contributed by atoms with Crippen LogP contribution in [0.1, 0.15) is 11.1 Å². The van der Waals surface area contributed by atoms with E-state index in [1.54, 1.807) is 0 Å². The van der Waals surface area contributed by atoms with E-state index in [0.717, 1.165) is 55.8 Å². The third-order valence-electron chi connectivity index (χ3n) is 11.8. The summed E-state index contributed by atoms with van der Waals surface area (Å²) in [7, 11) is 0. The third-order valence-corrected chi connectivity index (χ3v) is 11.8. The second-order valence-electron chi connectivity index (χ2n) is 15.5. The minimum atomic E-state index is 0.874. The summed E-state index contributed by atoms with van der Waals surface area (Å²) < 4.78 is 9.12. The molecule has 0 radical (unpaired) electrons. The van der Waals surface area contributed by atoms with E-state index in [0.29, 0.717) is 0 Å². The molecule has 11 aromatic rings. The standard InChI is InChI=1S/C56H40N2O/c1-37-25-29-42(30-26-37)57(44-33-38(2)55(41-17-7-4-8-18-41)49(34-44)39-15-5-3-6-16-39)45-35-50(56-51(36-45)48-21-11-14-24-54(48)59-56)40-27-31-43(32-28-40)58-52-22-12-9-19-46(52)47-20-10-13-23-53(47)58/h3-36H,1-2H3. The van der Waals surface area contributed by atoms with E-state index < -0.39 is 0 Å². The summed E-state index contributed by atoms with van der Waals surface area (Å²) in [5, 5.41) is 4.68. The summed E-state index contributed by atoms with van der Waals surface area (Å²) in [5.41, 5.74) is 17.9. The van der Waals surface area contributed by atoms with Gasteiger partial charge in [-0.1, -0.05) is 145 Å². The van der Waals surface area contributed by atoms with Gasteiger partial charge in [0.2, 0.25) is 0 Å². The van der Waals surface area contributed by atoms with Crippen LogP contribution in [0.4, 0.5) is 17.1 Å². The summed E-state index contributed by atoms with van der Waals surface area (Å²) >= 11 is 0. The Balaban J connectivity index is 1.14. The monoisotopic (exact) mass is 756 g/mol. The SMILES string of the molecule is Cc1ccc(N(c2cc(C)c(-c3ccccc3)c(-c3ccccc3)c2)c2cc(-c3ccc(-n4c5ccccc5c5ccccc54)cc3)c3oc4ccccc4c3c2)cc1. The van der Waals surface area contributed by atoms with E-state index >= 15 is 0 Å². The molecule has 3 nitrogen and oxygen atoms in total. The molecule has 2 heterocycles. The minimum absolute atomic E-state index is 0.874. The lowest BCUT2D eigenvalue weighted by atomic mass is 9.90. The molecule has 0 aliphatic heterocycles. The Kier molecular flexibility index (Phi) is 8.27. The first-order valence-electron chi connectivity index (χ1n) is 20.3. The summed E-state index contributed by atoms with van der Waals surface area (Å²) in [5.74, 6) is 0. The zero-order chi connectivity index (χ0) is 39.5. The van der Waals surface area contributed by atoms with Crippen molar-refractivity contribution in [3.63, 3.8) is 0 Å². The molecule has 9 aromatic carbocycles. The Morgan fingerprint density at radius 1 is 0.407 bits per heavy atom. The van der Waals surface area contributed by atoms with Crippen LogP contribution in [0.25, 0.3) is 82.8 Å². The number of benzene rings is 9. The van der Waals surface area contributed by atoms with Crippen molar-refractivity contribution in [1.82, 2.24) is 4.57 Å². The molecule has 0 amide bonds. The first-order valence-corrected chi connectivity index (χ1v) is 20.3. The molecule has 0 atom stereocenters. The fraction of sp³-hybridized carbons (Fsp3) is 0.0357. The maximum Gasteiger partial charge on any atom is 0.143 e. The molecule has 59 heavy (non-hydrogen) atoms. The van der Waals surface area contributed by atoms with Gasteiger partial charge in [-0.3, -0.25) is 0 Å². The molecular weight excluding hydrogens is 717 g/mol. The normalized spacial score (nSPS) is 11.6. The highest BCUT2D eigenvalue weighted by Crippen LogP contribution is 2.46. The molecule has 0 saturated carbocycles. The van der Waals surface area contributed by atoms with Gasteiger partial charge in [-0.2, -0.15) is 0 Å². The highest BCUT2D eigenvalue weighted by atomic mass is 16.3. The average Bonchev–Trinajstić information content (AvgIpc) is 3.83. The Labute approximate surface area is 343 Å². The number of rotatable bonds is 7. The zero-order valence-corrected chi connectivity index (χ0v) is 32.9. The lowest BCUT2D eigenvalue weighted by Gasteiger charge is -2.28. The van der Waals surface area contributed by atoms with Gasteiger partial charge in [0.05, 0.1) is 11.0 Å². The molecule has 280 valence electrons. The molecule has 0 aliphatic rings. The van der Waals surface area contributed by atoms with Crippen LogP contribution in [-0.2, 0) is 0 Å². The maximum absolute atomic E-state index is 6.75. The van der Waals surface area contributed by atoms with Gasteiger partial charge in [-0.15, -0.1) is 0 Å². The molecule has 0 bridgehead atoms. The predicted octanol–water partition coefficient (Wildman–Crippen LogP) is 15.8. The molecule has 0 aliphatic carbocycles. The van der Waals surface area contributed by atoms with Crippen LogP contribution in [0.5, 0.6) is 0 Å². The van der Waals surface area contributed by atoms with Crippen LogP contribution in [0, 0.1) is 13.8 Å². The second-order valence-corrected chi connectivity index (χ2v) is 15.5. The molecule has 0 saturated heterocycles. The van der Waals surface area contributed by atoms with Crippen molar-refractivity contribution in [2.24, 2.45) is 0 Å². The fourth-order valence-corrected chi connectivity index (χ4v) is 9.02. The van der Waals surface area contributed by atoms with Crippen molar-refractivity contribution in [3.8, 4) is 39.1 Å². The van der Waals surface area contributed by atoms with Gasteiger partial charge in [0.1, 0.15) is 11.2 Å². The van der Waals surface area contributed by atoms with Gasteiger partial charge in [-0.05, 0) is 114 Å². The van der Waals surface area contributed by atoms with Crippen molar-refractivity contribution in [2.75, 3.05) is 4.90 Å². The van der Waals surface area contributed by atoms with Crippen molar-refractivity contribution in [1.29, 1.82) is 0 Å². The van der Waals surface area contributed by atoms with E-state index in [1.807, 2.05) is 6.07 Å². The largest absolute Gasteiger partial charge is 0.455 e. The van der Waals surface area contributed by atoms with Gasteiger partial charge in [0.25, 0.3) is 0 Å². The smallest absolute Gasteiger partial charge is 0.143 e. The van der Waals surface area contributed by atoms with Gasteiger partial charge in [-0.25, -0.2) is 0 Å². The van der Waals surface area contributed by atoms with E-state index in [4.69, 9.17) is 4.42 Å². The molecule has 0 spiro atoms. The van der Waals surface area contributed by atoms with Crippen LogP contribution in [-0.4, -0.2) is 4.57 Å². The Hall–Kier alpha value is -7.62. The minimum Gasteiger partial charge on any atom is -0.455 e. The highest BCUT2D eigenvalue weighted by molar-refractivity contribution is 6.12. The molecular formula is C56H40N2O. The number of nitrogens with zero attached hydrogens (tertiary/aromatic N) is 2. The van der Waals surface area contributed by atoms with Gasteiger partial charge >= 0.3 is 0 Å². The van der Waals surface area contributed by atoms with E-state index in [-0.39, 0.29) is 0 Å². The molecule has 0 fully saturated rings. The van der Waals surface area contributed by atoms with Crippen LogP contribution >= 0.6 is 0 Å². The van der Waals surface area contributed by atoms with E-state index in [1.165, 1.54) is 55.2 Å². The van der Waals surface area contributed by atoms with Crippen LogP contribution in [0.2, 0.25) is 0 Å². The van der Waals surface area contributed by atoms with Gasteiger partial charge in [0.15, 0.2) is 0 Å². The summed E-state index contributed by atoms with van der Waals surface area (Å²) in [4.78, 5) is 2.41. The second kappa shape index (κ2) is 14.1. The van der Waals surface area contributed by atoms with Crippen molar-refractivity contribution in [2.45, 2.75) is 13.8 Å². The lowest BCUT2D eigenvalue weighted by Crippen LogP contribution is -2.11. The predicted molar refractivity (Wildman–Crippen MR) is 249 cm³/mol. The number of fused-ring (bicyclic) bond motifs is 6. The van der Waals surface area contributed by atoms with Gasteiger partial charge in [0, 0.05) is 49.9 Å². The highest BCUT2D eigenvalue weighted by Gasteiger charge is 2.22. The summed E-state index contributed by atoms with van der Waals surface area (Å²) in [6.45, 7) is 4.38. The van der Waals surface area contributed by atoms with Crippen LogP contribution in [0.15, 0.2) is 211 Å². The van der Waals surface area contributed by atoms with Crippen molar-refractivity contribution in [3.05, 3.63) is 217 Å². The fourth-order valence-electron chi connectivity index (χ4n) is 9.02. The Morgan fingerprint density at radius 2 is 0.949 bits per heavy atom. The Morgan fingerprint density at radius 3 is 1.63 bits per heavy atom. The molecule has 0 unspecified atom stereocenters. The molecule has 0 N–H and O–H groups in total. The first kappa shape index (κ1) is 34.6. The number of furan rings is 1. The number of anilines is 3. The molecule has 2 aromatic heterocycles. The number of para-hydroxylation sites is 3. The number of aryl methyl sites for hydroxylation is 2.